The van der Waals surface area contributed by atoms with Crippen LogP contribution in [0.2, 0.25) is 0 Å². The zero-order valence-corrected chi connectivity index (χ0v) is 12.7. The molecule has 0 fully saturated rings. The molecular formula is C18H17N3O2. The number of anilines is 2. The van der Waals surface area contributed by atoms with E-state index in [1.54, 1.807) is 6.20 Å². The third-order valence-electron chi connectivity index (χ3n) is 4.45. The van der Waals surface area contributed by atoms with Crippen LogP contribution in [0.15, 0.2) is 36.5 Å². The maximum Gasteiger partial charge on any atom is 0.259 e. The molecule has 23 heavy (non-hydrogen) atoms. The molecule has 1 aromatic heterocycles. The highest BCUT2D eigenvalue weighted by atomic mass is 16.2. The van der Waals surface area contributed by atoms with Crippen molar-refractivity contribution in [3.05, 3.63) is 53.2 Å². The summed E-state index contributed by atoms with van der Waals surface area (Å²) in [4.78, 5) is 30.4. The summed E-state index contributed by atoms with van der Waals surface area (Å²) in [5.41, 5.74) is 3.72. The van der Waals surface area contributed by atoms with Crippen LogP contribution in [0.25, 0.3) is 0 Å². The van der Waals surface area contributed by atoms with E-state index < -0.39 is 0 Å². The maximum absolute atomic E-state index is 12.9. The van der Waals surface area contributed by atoms with Gasteiger partial charge in [-0.1, -0.05) is 18.2 Å². The number of hydrogen-bond donors (Lipinski definition) is 1. The summed E-state index contributed by atoms with van der Waals surface area (Å²) in [6.07, 6.45) is 4.61. The second-order valence-corrected chi connectivity index (χ2v) is 5.97. The normalized spacial score (nSPS) is 16.3. The minimum atomic E-state index is -0.0237. The first-order valence-corrected chi connectivity index (χ1v) is 7.91. The van der Waals surface area contributed by atoms with Gasteiger partial charge in [-0.3, -0.25) is 9.59 Å². The van der Waals surface area contributed by atoms with Crippen LogP contribution in [-0.4, -0.2) is 23.3 Å². The van der Waals surface area contributed by atoms with E-state index in [1.807, 2.05) is 29.2 Å². The summed E-state index contributed by atoms with van der Waals surface area (Å²) in [7, 11) is 0. The highest BCUT2D eigenvalue weighted by molar-refractivity contribution is 6.07. The molecule has 0 unspecified atom stereocenters. The van der Waals surface area contributed by atoms with Crippen molar-refractivity contribution in [1.82, 2.24) is 4.98 Å². The van der Waals surface area contributed by atoms with Crippen molar-refractivity contribution in [1.29, 1.82) is 0 Å². The first-order chi connectivity index (χ1) is 11.2. The van der Waals surface area contributed by atoms with E-state index in [4.69, 9.17) is 0 Å². The van der Waals surface area contributed by atoms with Crippen molar-refractivity contribution in [2.24, 2.45) is 0 Å². The molecule has 0 saturated carbocycles. The summed E-state index contributed by atoms with van der Waals surface area (Å²) in [5.74, 6) is 0.537. The summed E-state index contributed by atoms with van der Waals surface area (Å²) >= 11 is 0. The standard InChI is InChI=1S/C18H17N3O2/c22-16-8-7-13-10-14(11-19-17(13)20-16)18(23)21-9-3-5-12-4-1-2-6-15(12)21/h1-2,4,6,10-11H,3,5,7-9H2,(H,19,20,22). The van der Waals surface area contributed by atoms with Gasteiger partial charge in [0.15, 0.2) is 0 Å². The number of aryl methyl sites for hydroxylation is 2. The molecule has 0 aliphatic carbocycles. The number of pyridine rings is 1. The lowest BCUT2D eigenvalue weighted by molar-refractivity contribution is -0.116. The molecule has 1 aromatic carbocycles. The Labute approximate surface area is 134 Å². The number of rotatable bonds is 1. The monoisotopic (exact) mass is 307 g/mol. The van der Waals surface area contributed by atoms with Crippen LogP contribution in [0.3, 0.4) is 0 Å². The van der Waals surface area contributed by atoms with E-state index in [0.717, 1.165) is 30.6 Å². The number of aromatic nitrogens is 1. The molecule has 1 N–H and O–H groups in total. The smallest absolute Gasteiger partial charge is 0.259 e. The van der Waals surface area contributed by atoms with Crippen LogP contribution in [0.1, 0.15) is 34.3 Å². The fourth-order valence-electron chi connectivity index (χ4n) is 3.27. The van der Waals surface area contributed by atoms with Gasteiger partial charge < -0.3 is 10.2 Å². The molecule has 3 heterocycles. The molecule has 0 bridgehead atoms. The lowest BCUT2D eigenvalue weighted by atomic mass is 10.00. The average molecular weight is 307 g/mol. The van der Waals surface area contributed by atoms with Crippen molar-refractivity contribution < 1.29 is 9.59 Å². The average Bonchev–Trinajstić information content (AvgIpc) is 2.60. The van der Waals surface area contributed by atoms with Gasteiger partial charge in [0.2, 0.25) is 5.91 Å². The van der Waals surface area contributed by atoms with Crippen molar-refractivity contribution in [2.75, 3.05) is 16.8 Å². The molecule has 2 aromatic rings. The molecule has 0 spiro atoms. The Morgan fingerprint density at radius 3 is 2.91 bits per heavy atom. The van der Waals surface area contributed by atoms with Crippen molar-refractivity contribution in [3.63, 3.8) is 0 Å². The quantitative estimate of drug-likeness (QED) is 0.880. The fourth-order valence-corrected chi connectivity index (χ4v) is 3.27. The number of carbonyl (C=O) groups excluding carboxylic acids is 2. The molecule has 5 heteroatoms. The van der Waals surface area contributed by atoms with Crippen LogP contribution in [0.4, 0.5) is 11.5 Å². The molecule has 5 nitrogen and oxygen atoms in total. The SMILES string of the molecule is O=C1CCc2cc(C(=O)N3CCCc4ccccc43)cnc2N1. The Morgan fingerprint density at radius 2 is 2.00 bits per heavy atom. The maximum atomic E-state index is 12.9. The van der Waals surface area contributed by atoms with Gasteiger partial charge in [-0.15, -0.1) is 0 Å². The highest BCUT2D eigenvalue weighted by Crippen LogP contribution is 2.29. The Morgan fingerprint density at radius 1 is 1.13 bits per heavy atom. The second-order valence-electron chi connectivity index (χ2n) is 5.97. The zero-order valence-electron chi connectivity index (χ0n) is 12.7. The lowest BCUT2D eigenvalue weighted by Crippen LogP contribution is -2.35. The van der Waals surface area contributed by atoms with E-state index in [1.165, 1.54) is 5.56 Å². The van der Waals surface area contributed by atoms with Gasteiger partial charge in [0.1, 0.15) is 5.82 Å². The third-order valence-corrected chi connectivity index (χ3v) is 4.45. The van der Waals surface area contributed by atoms with Gasteiger partial charge in [0.05, 0.1) is 5.56 Å². The molecule has 2 aliphatic heterocycles. The van der Waals surface area contributed by atoms with Crippen LogP contribution < -0.4 is 10.2 Å². The van der Waals surface area contributed by atoms with Gasteiger partial charge >= 0.3 is 0 Å². The lowest BCUT2D eigenvalue weighted by Gasteiger charge is -2.29. The Balaban J connectivity index is 1.67. The van der Waals surface area contributed by atoms with Gasteiger partial charge in [-0.05, 0) is 42.5 Å². The van der Waals surface area contributed by atoms with Crippen LogP contribution in [0.5, 0.6) is 0 Å². The number of para-hydroxylation sites is 1. The summed E-state index contributed by atoms with van der Waals surface area (Å²) in [6, 6.07) is 9.91. The molecule has 4 rings (SSSR count). The molecule has 2 aliphatic rings. The largest absolute Gasteiger partial charge is 0.310 e. The first kappa shape index (κ1) is 13.9. The van der Waals surface area contributed by atoms with Gasteiger partial charge in [-0.25, -0.2) is 4.98 Å². The molecule has 116 valence electrons. The molecule has 2 amide bonds. The number of nitrogens with one attached hydrogen (secondary N) is 1. The van der Waals surface area contributed by atoms with E-state index in [2.05, 4.69) is 16.4 Å². The highest BCUT2D eigenvalue weighted by Gasteiger charge is 2.25. The third kappa shape index (κ3) is 2.48. The summed E-state index contributed by atoms with van der Waals surface area (Å²) in [6.45, 7) is 0.726. The molecule has 0 atom stereocenters. The Kier molecular flexibility index (Phi) is 3.33. The van der Waals surface area contributed by atoms with Crippen molar-refractivity contribution in [3.8, 4) is 0 Å². The molecule has 0 saturated heterocycles. The van der Waals surface area contributed by atoms with Crippen molar-refractivity contribution in [2.45, 2.75) is 25.7 Å². The van der Waals surface area contributed by atoms with E-state index in [0.29, 0.717) is 24.2 Å². The Hall–Kier alpha value is -2.69. The topological polar surface area (TPSA) is 62.3 Å². The predicted octanol–water partition coefficient (Wildman–Crippen LogP) is 2.56. The number of benzene rings is 1. The minimum Gasteiger partial charge on any atom is -0.310 e. The predicted molar refractivity (Wildman–Crippen MR) is 87.6 cm³/mol. The van der Waals surface area contributed by atoms with E-state index >= 15 is 0 Å². The fraction of sp³-hybridized carbons (Fsp3) is 0.278. The number of fused-ring (bicyclic) bond motifs is 2. The van der Waals surface area contributed by atoms with Crippen LogP contribution in [-0.2, 0) is 17.6 Å². The number of hydrogen-bond acceptors (Lipinski definition) is 3. The van der Waals surface area contributed by atoms with Gasteiger partial charge in [-0.2, -0.15) is 0 Å². The zero-order chi connectivity index (χ0) is 15.8. The van der Waals surface area contributed by atoms with Gasteiger partial charge in [0, 0.05) is 24.8 Å². The minimum absolute atomic E-state index is 0.0194. The number of nitrogens with zero attached hydrogens (tertiary/aromatic N) is 2. The molecular weight excluding hydrogens is 290 g/mol. The van der Waals surface area contributed by atoms with Crippen molar-refractivity contribution >= 4 is 23.3 Å². The second kappa shape index (κ2) is 5.50. The Bertz CT molecular complexity index is 801. The van der Waals surface area contributed by atoms with E-state index in [9.17, 15) is 9.59 Å². The number of carbonyl (C=O) groups is 2. The van der Waals surface area contributed by atoms with Crippen LogP contribution >= 0.6 is 0 Å². The summed E-state index contributed by atoms with van der Waals surface area (Å²) < 4.78 is 0. The molecule has 0 radical (unpaired) electrons. The number of amides is 2. The van der Waals surface area contributed by atoms with Crippen LogP contribution in [0, 0.1) is 0 Å². The van der Waals surface area contributed by atoms with Gasteiger partial charge in [0.25, 0.3) is 5.91 Å². The summed E-state index contributed by atoms with van der Waals surface area (Å²) in [5, 5.41) is 2.75. The first-order valence-electron chi connectivity index (χ1n) is 7.91. The van der Waals surface area contributed by atoms with E-state index in [-0.39, 0.29) is 11.8 Å².